The number of amides is 1. The second-order valence-corrected chi connectivity index (χ2v) is 9.05. The molecule has 1 fully saturated rings. The Morgan fingerprint density at radius 2 is 2.06 bits per heavy atom. The predicted octanol–water partition coefficient (Wildman–Crippen LogP) is 4.80. The van der Waals surface area contributed by atoms with E-state index in [0.29, 0.717) is 24.5 Å². The van der Waals surface area contributed by atoms with E-state index in [9.17, 15) is 13.6 Å². The summed E-state index contributed by atoms with van der Waals surface area (Å²) in [7, 11) is 0. The smallest absolute Gasteiger partial charge is 0.289 e. The van der Waals surface area contributed by atoms with Gasteiger partial charge in [0.2, 0.25) is 0 Å². The van der Waals surface area contributed by atoms with Gasteiger partial charge in [0.25, 0.3) is 18.3 Å². The second kappa shape index (κ2) is 8.72. The number of hydrogen-bond donors (Lipinski definition) is 0. The lowest BCUT2D eigenvalue weighted by atomic mass is 9.85. The molecule has 2 atom stereocenters. The van der Waals surface area contributed by atoms with E-state index in [4.69, 9.17) is 4.42 Å². The van der Waals surface area contributed by atoms with Gasteiger partial charge in [-0.1, -0.05) is 34.3 Å². The van der Waals surface area contributed by atoms with Crippen molar-refractivity contribution in [1.82, 2.24) is 19.7 Å². The summed E-state index contributed by atoms with van der Waals surface area (Å²) < 4.78 is 33.0. The molecule has 0 unspecified atom stereocenters. The van der Waals surface area contributed by atoms with Gasteiger partial charge >= 0.3 is 0 Å². The number of alkyl halides is 2. The summed E-state index contributed by atoms with van der Waals surface area (Å²) in [6.45, 7) is 14.5. The molecule has 0 radical (unpaired) electrons. The van der Waals surface area contributed by atoms with Gasteiger partial charge in [0, 0.05) is 30.1 Å². The standard InChI is InChI=1S/C22H29F2N5O2/c1-13-9-10-28(20(30)17-7-8-18(31-17)22(4,5)6)11-16(13)15(3)29-21(25-12-26-29)27-14(2)19(23)24/h7-8,12-13,16,19H,3,9-11H2,1-2,4-6H3/t13-,16-/m1/s1. The molecule has 168 valence electrons. The van der Waals surface area contributed by atoms with E-state index in [-0.39, 0.29) is 34.8 Å². The van der Waals surface area contributed by atoms with E-state index >= 15 is 0 Å². The van der Waals surface area contributed by atoms with Crippen molar-refractivity contribution in [1.29, 1.82) is 0 Å². The Morgan fingerprint density at radius 3 is 2.68 bits per heavy atom. The summed E-state index contributed by atoms with van der Waals surface area (Å²) in [5, 5.41) is 4.13. The molecule has 31 heavy (non-hydrogen) atoms. The van der Waals surface area contributed by atoms with Crippen molar-refractivity contribution in [2.45, 2.75) is 52.9 Å². The molecule has 0 spiro atoms. The van der Waals surface area contributed by atoms with E-state index in [1.54, 1.807) is 11.0 Å². The van der Waals surface area contributed by atoms with Gasteiger partial charge in [-0.3, -0.25) is 4.79 Å². The Bertz CT molecular complexity index is 986. The Kier molecular flexibility index (Phi) is 6.43. The fourth-order valence-electron chi connectivity index (χ4n) is 3.58. The van der Waals surface area contributed by atoms with Crippen LogP contribution >= 0.6 is 0 Å². The largest absolute Gasteiger partial charge is 0.455 e. The van der Waals surface area contributed by atoms with Crippen LogP contribution in [-0.4, -0.2) is 50.8 Å². The second-order valence-electron chi connectivity index (χ2n) is 9.05. The molecule has 7 nitrogen and oxygen atoms in total. The zero-order valence-corrected chi connectivity index (χ0v) is 18.6. The monoisotopic (exact) mass is 433 g/mol. The zero-order valence-electron chi connectivity index (χ0n) is 18.6. The number of hydrogen-bond acceptors (Lipinski definition) is 5. The zero-order chi connectivity index (χ0) is 22.9. The Labute approximate surface area is 180 Å². The van der Waals surface area contributed by atoms with Crippen LogP contribution in [0.4, 0.5) is 14.7 Å². The van der Waals surface area contributed by atoms with Crippen LogP contribution < -0.4 is 0 Å². The van der Waals surface area contributed by atoms with Crippen molar-refractivity contribution in [2.24, 2.45) is 16.8 Å². The van der Waals surface area contributed by atoms with Crippen LogP contribution in [0.25, 0.3) is 5.70 Å². The third-order valence-corrected chi connectivity index (χ3v) is 5.62. The van der Waals surface area contributed by atoms with Gasteiger partial charge in [0.15, 0.2) is 5.76 Å². The molecule has 1 amide bonds. The highest BCUT2D eigenvalue weighted by atomic mass is 19.3. The van der Waals surface area contributed by atoms with Crippen molar-refractivity contribution in [3.05, 3.63) is 36.6 Å². The van der Waals surface area contributed by atoms with E-state index in [2.05, 4.69) is 28.6 Å². The number of halogens is 2. The van der Waals surface area contributed by atoms with Crippen LogP contribution in [0.5, 0.6) is 0 Å². The molecule has 3 rings (SSSR count). The van der Waals surface area contributed by atoms with Gasteiger partial charge < -0.3 is 9.32 Å². The molecule has 0 N–H and O–H groups in total. The molecule has 3 heterocycles. The van der Waals surface area contributed by atoms with Crippen molar-refractivity contribution in [2.75, 3.05) is 13.1 Å². The molecule has 0 saturated carbocycles. The highest BCUT2D eigenvalue weighted by Gasteiger charge is 2.34. The van der Waals surface area contributed by atoms with E-state index in [1.165, 1.54) is 17.9 Å². The molecule has 1 saturated heterocycles. The maximum absolute atomic E-state index is 13.1. The van der Waals surface area contributed by atoms with Crippen molar-refractivity contribution < 1.29 is 18.0 Å². The first kappa shape index (κ1) is 22.8. The summed E-state index contributed by atoms with van der Waals surface area (Å²) in [6.07, 6.45) is -0.645. The van der Waals surface area contributed by atoms with E-state index < -0.39 is 6.43 Å². The minimum absolute atomic E-state index is 0.0549. The van der Waals surface area contributed by atoms with Crippen molar-refractivity contribution in [3.63, 3.8) is 0 Å². The van der Waals surface area contributed by atoms with E-state index in [0.717, 1.165) is 12.2 Å². The first-order chi connectivity index (χ1) is 14.5. The molecular formula is C22H29F2N5O2. The van der Waals surface area contributed by atoms with Crippen LogP contribution in [0.15, 0.2) is 34.4 Å². The molecule has 0 bridgehead atoms. The summed E-state index contributed by atoms with van der Waals surface area (Å²) >= 11 is 0. The number of carbonyl (C=O) groups is 1. The van der Waals surface area contributed by atoms with E-state index in [1.807, 2.05) is 26.8 Å². The summed E-state index contributed by atoms with van der Waals surface area (Å²) in [6, 6.07) is 3.55. The Hall–Kier alpha value is -2.84. The Balaban J connectivity index is 1.80. The molecule has 2 aromatic heterocycles. The lowest BCUT2D eigenvalue weighted by Gasteiger charge is -2.37. The number of likely N-dealkylation sites (tertiary alicyclic amines) is 1. The summed E-state index contributed by atoms with van der Waals surface area (Å²) in [4.78, 5) is 22.7. The molecule has 0 aliphatic carbocycles. The highest BCUT2D eigenvalue weighted by Crippen LogP contribution is 2.33. The quantitative estimate of drug-likeness (QED) is 0.635. The number of aromatic nitrogens is 3. The normalized spacial score (nSPS) is 20.4. The van der Waals surface area contributed by atoms with Gasteiger partial charge in [0.1, 0.15) is 12.1 Å². The first-order valence-corrected chi connectivity index (χ1v) is 10.3. The molecule has 0 aromatic carbocycles. The maximum Gasteiger partial charge on any atom is 0.289 e. The Morgan fingerprint density at radius 1 is 1.35 bits per heavy atom. The van der Waals surface area contributed by atoms with Crippen LogP contribution in [0.3, 0.4) is 0 Å². The van der Waals surface area contributed by atoms with Gasteiger partial charge in [0.05, 0.1) is 5.71 Å². The maximum atomic E-state index is 13.1. The number of carbonyl (C=O) groups excluding carboxylic acids is 1. The molecule has 1 aliphatic heterocycles. The minimum Gasteiger partial charge on any atom is -0.455 e. The average molecular weight is 434 g/mol. The molecular weight excluding hydrogens is 404 g/mol. The number of nitrogens with zero attached hydrogens (tertiary/aromatic N) is 5. The fourth-order valence-corrected chi connectivity index (χ4v) is 3.58. The SMILES string of the molecule is C=C([C@@H]1CN(C(=O)c2ccc(C(C)(C)C)o2)CC[C@H]1C)n1ncnc1N=C(C)C(F)F. The van der Waals surface area contributed by atoms with Gasteiger partial charge in [-0.25, -0.2) is 18.5 Å². The minimum atomic E-state index is -2.67. The highest BCUT2D eigenvalue weighted by molar-refractivity contribution is 5.91. The van der Waals surface area contributed by atoms with Crippen LogP contribution in [0, 0.1) is 11.8 Å². The molecule has 2 aromatic rings. The number of piperidine rings is 1. The summed E-state index contributed by atoms with van der Waals surface area (Å²) in [5.74, 6) is 1.03. The van der Waals surface area contributed by atoms with Crippen molar-refractivity contribution >= 4 is 23.3 Å². The van der Waals surface area contributed by atoms with Crippen LogP contribution in [-0.2, 0) is 5.41 Å². The summed E-state index contributed by atoms with van der Waals surface area (Å²) in [5.41, 5.74) is 0.0349. The average Bonchev–Trinajstić information content (AvgIpc) is 3.36. The third-order valence-electron chi connectivity index (χ3n) is 5.62. The lowest BCUT2D eigenvalue weighted by Crippen LogP contribution is -2.44. The number of furan rings is 1. The molecule has 1 aliphatic rings. The van der Waals surface area contributed by atoms with Crippen LogP contribution in [0.2, 0.25) is 0 Å². The predicted molar refractivity (Wildman–Crippen MR) is 115 cm³/mol. The van der Waals surface area contributed by atoms with Crippen LogP contribution in [0.1, 0.15) is 57.4 Å². The first-order valence-electron chi connectivity index (χ1n) is 10.3. The van der Waals surface area contributed by atoms with Gasteiger partial charge in [-0.2, -0.15) is 10.1 Å². The third kappa shape index (κ3) is 4.91. The molecule has 9 heteroatoms. The van der Waals surface area contributed by atoms with Gasteiger partial charge in [-0.05, 0) is 31.4 Å². The lowest BCUT2D eigenvalue weighted by molar-refractivity contribution is 0.0618. The topological polar surface area (TPSA) is 76.5 Å². The number of aliphatic imine (C=N–C) groups is 1. The fraction of sp³-hybridized carbons (Fsp3) is 0.545. The van der Waals surface area contributed by atoms with Gasteiger partial charge in [-0.15, -0.1) is 0 Å². The van der Waals surface area contributed by atoms with Crippen molar-refractivity contribution in [3.8, 4) is 0 Å². The number of rotatable bonds is 5.